The van der Waals surface area contributed by atoms with Crippen LogP contribution < -0.4 is 9.62 Å². The van der Waals surface area contributed by atoms with Gasteiger partial charge in [0.05, 0.1) is 16.3 Å². The van der Waals surface area contributed by atoms with Crippen LogP contribution in [0, 0.1) is 5.92 Å². The normalized spacial score (nSPS) is 16.5. The Labute approximate surface area is 165 Å². The molecule has 0 fully saturated rings. The lowest BCUT2D eigenvalue weighted by Crippen LogP contribution is -2.35. The van der Waals surface area contributed by atoms with Crippen molar-refractivity contribution < 1.29 is 13.2 Å². The number of fused-ring (bicyclic) bond motifs is 1. The first-order chi connectivity index (χ1) is 12.8. The van der Waals surface area contributed by atoms with Crippen LogP contribution in [-0.4, -0.2) is 26.6 Å². The Morgan fingerprint density at radius 1 is 1.22 bits per heavy atom. The van der Waals surface area contributed by atoms with Crippen LogP contribution in [-0.2, 0) is 21.2 Å². The minimum absolute atomic E-state index is 0.139. The molecule has 1 N–H and O–H groups in total. The number of hydrogen-bond acceptors (Lipinski definition) is 4. The second-order valence-corrected chi connectivity index (χ2v) is 9.65. The Kier molecular flexibility index (Phi) is 5.53. The van der Waals surface area contributed by atoms with E-state index in [9.17, 15) is 13.2 Å². The van der Waals surface area contributed by atoms with E-state index in [1.165, 1.54) is 16.1 Å². The molecule has 0 unspecified atom stereocenters. The zero-order valence-electron chi connectivity index (χ0n) is 15.9. The molecule has 0 aromatic heterocycles. The summed E-state index contributed by atoms with van der Waals surface area (Å²) in [6.07, 6.45) is 2.59. The molecule has 2 aromatic rings. The van der Waals surface area contributed by atoms with Crippen LogP contribution in [0.2, 0.25) is 0 Å². The van der Waals surface area contributed by atoms with Gasteiger partial charge in [-0.3, -0.25) is 9.10 Å². The molecule has 0 saturated carbocycles. The largest absolute Gasteiger partial charge is 0.325 e. The monoisotopic (exact) mass is 404 g/mol. The van der Waals surface area contributed by atoms with E-state index in [0.29, 0.717) is 12.1 Å². The van der Waals surface area contributed by atoms with E-state index in [0.717, 1.165) is 16.1 Å². The number of anilines is 2. The van der Waals surface area contributed by atoms with Crippen LogP contribution in [0.1, 0.15) is 26.3 Å². The zero-order valence-corrected chi connectivity index (χ0v) is 17.5. The van der Waals surface area contributed by atoms with Gasteiger partial charge in [-0.15, -0.1) is 11.8 Å². The Morgan fingerprint density at radius 3 is 2.59 bits per heavy atom. The van der Waals surface area contributed by atoms with Crippen molar-refractivity contribution in [1.82, 2.24) is 0 Å². The average molecular weight is 405 g/mol. The molecule has 1 amide bonds. The van der Waals surface area contributed by atoms with Crippen molar-refractivity contribution in [2.24, 2.45) is 5.92 Å². The number of hydrogen-bond donors (Lipinski definition) is 1. The summed E-state index contributed by atoms with van der Waals surface area (Å²) >= 11 is 1.47. The van der Waals surface area contributed by atoms with E-state index in [1.54, 1.807) is 32.0 Å². The van der Waals surface area contributed by atoms with E-state index in [4.69, 9.17) is 0 Å². The first-order valence-corrected chi connectivity index (χ1v) is 11.5. The highest BCUT2D eigenvalue weighted by Crippen LogP contribution is 2.38. The van der Waals surface area contributed by atoms with Gasteiger partial charge in [0.2, 0.25) is 5.91 Å². The van der Waals surface area contributed by atoms with Crippen molar-refractivity contribution in [1.29, 1.82) is 0 Å². The summed E-state index contributed by atoms with van der Waals surface area (Å²) in [6, 6.07) is 12.4. The maximum absolute atomic E-state index is 13.4. The van der Waals surface area contributed by atoms with E-state index in [-0.39, 0.29) is 22.8 Å². The van der Waals surface area contributed by atoms with Crippen molar-refractivity contribution in [3.8, 4) is 0 Å². The molecule has 1 atom stereocenters. The summed E-state index contributed by atoms with van der Waals surface area (Å²) in [5.41, 5.74) is 2.29. The standard InChI is InChI=1S/C20H24N2O3S2/c1-13(2)20(23)21-17-12-16(9-10-19(17)26-4)27(24,25)22-14(3)11-15-7-5-6-8-18(15)22/h5-10,12-14H,11H2,1-4H3,(H,21,23)/t14-/m0/s1. The van der Waals surface area contributed by atoms with Crippen molar-refractivity contribution in [3.63, 3.8) is 0 Å². The Bertz CT molecular complexity index is 971. The Morgan fingerprint density at radius 2 is 1.93 bits per heavy atom. The minimum atomic E-state index is -3.73. The van der Waals surface area contributed by atoms with Gasteiger partial charge in [0.1, 0.15) is 0 Å². The average Bonchev–Trinajstić information content (AvgIpc) is 2.97. The lowest BCUT2D eigenvalue weighted by molar-refractivity contribution is -0.118. The van der Waals surface area contributed by atoms with Gasteiger partial charge >= 0.3 is 0 Å². The summed E-state index contributed by atoms with van der Waals surface area (Å²) in [5.74, 6) is -0.329. The Hall–Kier alpha value is -1.99. The third-order valence-electron chi connectivity index (χ3n) is 4.65. The fraction of sp³-hybridized carbons (Fsp3) is 0.350. The van der Waals surface area contributed by atoms with Gasteiger partial charge in [0, 0.05) is 16.9 Å². The second-order valence-electron chi connectivity index (χ2n) is 6.99. The lowest BCUT2D eigenvalue weighted by Gasteiger charge is -2.25. The predicted molar refractivity (Wildman–Crippen MR) is 111 cm³/mol. The van der Waals surface area contributed by atoms with Crippen LogP contribution in [0.5, 0.6) is 0 Å². The summed E-state index contributed by atoms with van der Waals surface area (Å²) in [6.45, 7) is 5.52. The summed E-state index contributed by atoms with van der Waals surface area (Å²) in [5, 5.41) is 2.85. The minimum Gasteiger partial charge on any atom is -0.325 e. The maximum Gasteiger partial charge on any atom is 0.264 e. The quantitative estimate of drug-likeness (QED) is 0.761. The number of sulfonamides is 1. The van der Waals surface area contributed by atoms with Crippen LogP contribution in [0.15, 0.2) is 52.3 Å². The lowest BCUT2D eigenvalue weighted by atomic mass is 10.1. The molecule has 1 aliphatic heterocycles. The summed E-state index contributed by atoms with van der Waals surface area (Å²) < 4.78 is 28.3. The molecular weight excluding hydrogens is 380 g/mol. The third kappa shape index (κ3) is 3.71. The van der Waals surface area contributed by atoms with Gasteiger partial charge in [0.15, 0.2) is 0 Å². The molecule has 1 heterocycles. The fourth-order valence-electron chi connectivity index (χ4n) is 3.24. The number of para-hydroxylation sites is 1. The summed E-state index contributed by atoms with van der Waals surface area (Å²) in [7, 11) is -3.73. The van der Waals surface area contributed by atoms with Gasteiger partial charge in [-0.05, 0) is 49.4 Å². The number of carbonyl (C=O) groups is 1. The van der Waals surface area contributed by atoms with Gasteiger partial charge in [-0.1, -0.05) is 32.0 Å². The number of rotatable bonds is 5. The molecular formula is C20H24N2O3S2. The van der Waals surface area contributed by atoms with Crippen LogP contribution in [0.25, 0.3) is 0 Å². The van der Waals surface area contributed by atoms with E-state index in [2.05, 4.69) is 5.32 Å². The number of carbonyl (C=O) groups excluding carboxylic acids is 1. The number of thioether (sulfide) groups is 1. The number of nitrogens with zero attached hydrogens (tertiary/aromatic N) is 1. The number of amides is 1. The van der Waals surface area contributed by atoms with Crippen molar-refractivity contribution >= 4 is 39.1 Å². The highest BCUT2D eigenvalue weighted by atomic mass is 32.2. The van der Waals surface area contributed by atoms with Crippen molar-refractivity contribution in [2.75, 3.05) is 15.9 Å². The van der Waals surface area contributed by atoms with Crippen LogP contribution in [0.3, 0.4) is 0 Å². The van der Waals surface area contributed by atoms with Gasteiger partial charge in [0.25, 0.3) is 10.0 Å². The SMILES string of the molecule is CSc1ccc(S(=O)(=O)N2c3ccccc3C[C@@H]2C)cc1NC(=O)C(C)C. The molecule has 27 heavy (non-hydrogen) atoms. The molecule has 3 rings (SSSR count). The van der Waals surface area contributed by atoms with Crippen molar-refractivity contribution in [2.45, 2.75) is 43.0 Å². The molecule has 0 aliphatic carbocycles. The van der Waals surface area contributed by atoms with Crippen molar-refractivity contribution in [3.05, 3.63) is 48.0 Å². The highest BCUT2D eigenvalue weighted by Gasteiger charge is 2.36. The zero-order chi connectivity index (χ0) is 19.8. The maximum atomic E-state index is 13.4. The first kappa shape index (κ1) is 19.8. The summed E-state index contributed by atoms with van der Waals surface area (Å²) in [4.78, 5) is 13.1. The smallest absolute Gasteiger partial charge is 0.264 e. The van der Waals surface area contributed by atoms with Gasteiger partial charge < -0.3 is 5.32 Å². The van der Waals surface area contributed by atoms with E-state index in [1.807, 2.05) is 37.4 Å². The molecule has 0 bridgehead atoms. The second kappa shape index (κ2) is 7.56. The molecule has 2 aromatic carbocycles. The first-order valence-electron chi connectivity index (χ1n) is 8.87. The number of nitrogens with one attached hydrogen (secondary N) is 1. The van der Waals surface area contributed by atoms with Crippen LogP contribution in [0.4, 0.5) is 11.4 Å². The third-order valence-corrected chi connectivity index (χ3v) is 7.37. The molecule has 0 spiro atoms. The molecule has 5 nitrogen and oxygen atoms in total. The van der Waals surface area contributed by atoms with Gasteiger partial charge in [-0.2, -0.15) is 0 Å². The molecule has 7 heteroatoms. The fourth-order valence-corrected chi connectivity index (χ4v) is 5.49. The van der Waals surface area contributed by atoms with E-state index < -0.39 is 10.0 Å². The van der Waals surface area contributed by atoms with Gasteiger partial charge in [-0.25, -0.2) is 8.42 Å². The van der Waals surface area contributed by atoms with E-state index >= 15 is 0 Å². The number of benzene rings is 2. The molecule has 1 aliphatic rings. The predicted octanol–water partition coefficient (Wildman–Crippen LogP) is 4.14. The topological polar surface area (TPSA) is 66.5 Å². The molecule has 0 saturated heterocycles. The molecule has 144 valence electrons. The Balaban J connectivity index is 2.04. The van der Waals surface area contributed by atoms with Crippen LogP contribution >= 0.6 is 11.8 Å². The highest BCUT2D eigenvalue weighted by molar-refractivity contribution is 7.98. The molecule has 0 radical (unpaired) electrons.